The summed E-state index contributed by atoms with van der Waals surface area (Å²) in [4.78, 5) is 26.9. The van der Waals surface area contributed by atoms with Gasteiger partial charge in [0.15, 0.2) is 0 Å². The molecular weight excluding hydrogens is 340 g/mol. The Morgan fingerprint density at radius 3 is 2.44 bits per heavy atom. The van der Waals surface area contributed by atoms with Crippen molar-refractivity contribution < 1.29 is 14.3 Å². The average molecular weight is 366 g/mol. The van der Waals surface area contributed by atoms with Crippen LogP contribution in [-0.2, 0) is 16.1 Å². The monoisotopic (exact) mass is 366 g/mol. The number of anilines is 1. The number of hydrogen-bond donors (Lipinski definition) is 1. The second-order valence-corrected chi connectivity index (χ2v) is 7.15. The van der Waals surface area contributed by atoms with Crippen molar-refractivity contribution in [3.63, 3.8) is 0 Å². The van der Waals surface area contributed by atoms with E-state index in [1.54, 1.807) is 0 Å². The van der Waals surface area contributed by atoms with E-state index in [9.17, 15) is 9.59 Å². The largest absolute Gasteiger partial charge is 0.445 e. The molecule has 1 aliphatic heterocycles. The number of aryl methyl sites for hydroxylation is 3. The van der Waals surface area contributed by atoms with Crippen molar-refractivity contribution in [3.8, 4) is 0 Å². The molecule has 0 spiro atoms. The number of benzene rings is 2. The van der Waals surface area contributed by atoms with Crippen molar-refractivity contribution >= 4 is 17.7 Å². The fourth-order valence-electron chi connectivity index (χ4n) is 3.64. The molecule has 0 saturated carbocycles. The highest BCUT2D eigenvalue weighted by Crippen LogP contribution is 2.25. The third-order valence-electron chi connectivity index (χ3n) is 4.92. The molecule has 1 atom stereocenters. The minimum absolute atomic E-state index is 0.154. The molecule has 2 aromatic carbocycles. The van der Waals surface area contributed by atoms with Crippen LogP contribution >= 0.6 is 0 Å². The molecule has 1 aliphatic rings. The smallest absolute Gasteiger partial charge is 0.410 e. The van der Waals surface area contributed by atoms with Crippen molar-refractivity contribution in [2.75, 3.05) is 11.9 Å². The quantitative estimate of drug-likeness (QED) is 0.875. The third-order valence-corrected chi connectivity index (χ3v) is 4.92. The van der Waals surface area contributed by atoms with E-state index in [1.165, 1.54) is 4.90 Å². The van der Waals surface area contributed by atoms with Gasteiger partial charge in [-0.25, -0.2) is 4.79 Å². The number of nitrogens with zero attached hydrogens (tertiary/aromatic N) is 1. The van der Waals surface area contributed by atoms with E-state index in [0.29, 0.717) is 13.0 Å². The van der Waals surface area contributed by atoms with Gasteiger partial charge in [0, 0.05) is 12.2 Å². The van der Waals surface area contributed by atoms with Gasteiger partial charge in [-0.2, -0.15) is 0 Å². The zero-order valence-electron chi connectivity index (χ0n) is 16.1. The van der Waals surface area contributed by atoms with E-state index >= 15 is 0 Å². The molecule has 27 heavy (non-hydrogen) atoms. The number of nitrogens with one attached hydrogen (secondary N) is 1. The van der Waals surface area contributed by atoms with E-state index in [4.69, 9.17) is 4.74 Å². The Morgan fingerprint density at radius 1 is 1.11 bits per heavy atom. The normalized spacial score (nSPS) is 16.3. The number of ether oxygens (including phenoxy) is 1. The van der Waals surface area contributed by atoms with Gasteiger partial charge in [-0.1, -0.05) is 48.0 Å². The van der Waals surface area contributed by atoms with E-state index in [-0.39, 0.29) is 12.5 Å². The van der Waals surface area contributed by atoms with Gasteiger partial charge in [-0.15, -0.1) is 0 Å². The van der Waals surface area contributed by atoms with Crippen LogP contribution in [0, 0.1) is 20.8 Å². The number of carbonyl (C=O) groups is 2. The Kier molecular flexibility index (Phi) is 5.79. The van der Waals surface area contributed by atoms with Crippen LogP contribution in [0.3, 0.4) is 0 Å². The van der Waals surface area contributed by atoms with Crippen LogP contribution in [0.1, 0.15) is 35.1 Å². The molecule has 0 radical (unpaired) electrons. The minimum Gasteiger partial charge on any atom is -0.445 e. The Bertz CT molecular complexity index is 810. The molecule has 5 nitrogen and oxygen atoms in total. The predicted molar refractivity (Wildman–Crippen MR) is 106 cm³/mol. The summed E-state index contributed by atoms with van der Waals surface area (Å²) in [6.45, 7) is 6.75. The van der Waals surface area contributed by atoms with Crippen LogP contribution in [-0.4, -0.2) is 29.5 Å². The molecule has 0 bridgehead atoms. The second kappa shape index (κ2) is 8.25. The van der Waals surface area contributed by atoms with Crippen LogP contribution < -0.4 is 5.32 Å². The zero-order valence-corrected chi connectivity index (χ0v) is 16.1. The lowest BCUT2D eigenvalue weighted by Gasteiger charge is -2.24. The topological polar surface area (TPSA) is 58.6 Å². The highest BCUT2D eigenvalue weighted by molar-refractivity contribution is 5.98. The van der Waals surface area contributed by atoms with Crippen LogP contribution in [0.5, 0.6) is 0 Å². The first kappa shape index (κ1) is 19.0. The van der Waals surface area contributed by atoms with Crippen LogP contribution in [0.4, 0.5) is 10.5 Å². The molecule has 2 aromatic rings. The number of likely N-dealkylation sites (tertiary alicyclic amines) is 1. The van der Waals surface area contributed by atoms with Crippen molar-refractivity contribution in [2.24, 2.45) is 0 Å². The van der Waals surface area contributed by atoms with Crippen LogP contribution in [0.15, 0.2) is 42.5 Å². The maximum atomic E-state index is 12.8. The molecule has 0 aliphatic carbocycles. The van der Waals surface area contributed by atoms with Crippen LogP contribution in [0.25, 0.3) is 0 Å². The van der Waals surface area contributed by atoms with E-state index < -0.39 is 12.1 Å². The molecule has 1 heterocycles. The first-order chi connectivity index (χ1) is 13.0. The standard InChI is InChI=1S/C22H26N2O3/c1-15-12-16(2)20(17(3)13-15)23-21(25)19-10-7-11-24(19)22(26)27-14-18-8-5-4-6-9-18/h4-6,8-9,12-13,19H,7,10-11,14H2,1-3H3,(H,23,25). The fourth-order valence-corrected chi connectivity index (χ4v) is 3.64. The van der Waals surface area contributed by atoms with Gasteiger partial charge in [-0.3, -0.25) is 9.69 Å². The molecule has 1 fully saturated rings. The van der Waals surface area contributed by atoms with Crippen molar-refractivity contribution in [3.05, 3.63) is 64.7 Å². The summed E-state index contributed by atoms with van der Waals surface area (Å²) in [5.74, 6) is -0.154. The van der Waals surface area contributed by atoms with Gasteiger partial charge in [-0.05, 0) is 50.3 Å². The Morgan fingerprint density at radius 2 is 1.78 bits per heavy atom. The minimum atomic E-state index is -0.492. The Hall–Kier alpha value is -2.82. The zero-order chi connectivity index (χ0) is 19.4. The summed E-state index contributed by atoms with van der Waals surface area (Å²) < 4.78 is 5.41. The number of hydrogen-bond acceptors (Lipinski definition) is 3. The number of rotatable bonds is 4. The summed E-state index contributed by atoms with van der Waals surface area (Å²) in [5.41, 5.74) is 4.97. The van der Waals surface area contributed by atoms with Gasteiger partial charge in [0.1, 0.15) is 12.6 Å². The first-order valence-electron chi connectivity index (χ1n) is 9.31. The summed E-state index contributed by atoms with van der Waals surface area (Å²) in [7, 11) is 0. The maximum absolute atomic E-state index is 12.8. The summed E-state index contributed by atoms with van der Waals surface area (Å²) in [5, 5.41) is 3.02. The molecule has 2 amide bonds. The highest BCUT2D eigenvalue weighted by atomic mass is 16.6. The lowest BCUT2D eigenvalue weighted by atomic mass is 10.0. The molecule has 1 saturated heterocycles. The first-order valence-corrected chi connectivity index (χ1v) is 9.31. The molecule has 5 heteroatoms. The molecule has 3 rings (SSSR count). The van der Waals surface area contributed by atoms with Crippen molar-refractivity contribution in [1.29, 1.82) is 0 Å². The molecule has 1 unspecified atom stereocenters. The summed E-state index contributed by atoms with van der Waals surface area (Å²) in [6, 6.07) is 13.1. The van der Waals surface area contributed by atoms with Crippen molar-refractivity contribution in [1.82, 2.24) is 4.90 Å². The van der Waals surface area contributed by atoms with Gasteiger partial charge >= 0.3 is 6.09 Å². The van der Waals surface area contributed by atoms with Gasteiger partial charge in [0.2, 0.25) is 5.91 Å². The SMILES string of the molecule is Cc1cc(C)c(NC(=O)C2CCCN2C(=O)OCc2ccccc2)c(C)c1. The molecule has 1 N–H and O–H groups in total. The van der Waals surface area contributed by atoms with Gasteiger partial charge in [0.25, 0.3) is 0 Å². The highest BCUT2D eigenvalue weighted by Gasteiger charge is 2.35. The molecule has 142 valence electrons. The van der Waals surface area contributed by atoms with E-state index in [2.05, 4.69) is 5.32 Å². The third kappa shape index (κ3) is 4.48. The predicted octanol–water partition coefficient (Wildman–Crippen LogP) is 4.35. The molecular formula is C22H26N2O3. The Labute approximate surface area is 160 Å². The second-order valence-electron chi connectivity index (χ2n) is 7.15. The van der Waals surface area contributed by atoms with Gasteiger partial charge < -0.3 is 10.1 Å². The van der Waals surface area contributed by atoms with Gasteiger partial charge in [0.05, 0.1) is 0 Å². The average Bonchev–Trinajstić information content (AvgIpc) is 3.13. The maximum Gasteiger partial charge on any atom is 0.410 e. The van der Waals surface area contributed by atoms with E-state index in [0.717, 1.165) is 34.4 Å². The molecule has 0 aromatic heterocycles. The summed E-state index contributed by atoms with van der Waals surface area (Å²) in [6.07, 6.45) is 1.01. The van der Waals surface area contributed by atoms with Crippen molar-refractivity contribution in [2.45, 2.75) is 46.3 Å². The lowest BCUT2D eigenvalue weighted by molar-refractivity contribution is -0.120. The Balaban J connectivity index is 1.65. The van der Waals surface area contributed by atoms with E-state index in [1.807, 2.05) is 63.2 Å². The fraction of sp³-hybridized carbons (Fsp3) is 0.364. The van der Waals surface area contributed by atoms with Crippen LogP contribution in [0.2, 0.25) is 0 Å². The summed E-state index contributed by atoms with van der Waals surface area (Å²) >= 11 is 0. The number of amides is 2. The number of carbonyl (C=O) groups excluding carboxylic acids is 2. The lowest BCUT2D eigenvalue weighted by Crippen LogP contribution is -2.43.